The summed E-state index contributed by atoms with van der Waals surface area (Å²) in [7, 11) is 0. The molecule has 2 rings (SSSR count). The van der Waals surface area contributed by atoms with E-state index < -0.39 is 5.97 Å². The van der Waals surface area contributed by atoms with Crippen molar-refractivity contribution in [3.63, 3.8) is 0 Å². The molecule has 104 valence electrons. The van der Waals surface area contributed by atoms with Gasteiger partial charge in [0.15, 0.2) is 0 Å². The fourth-order valence-corrected chi connectivity index (χ4v) is 2.82. The number of benzene rings is 1. The van der Waals surface area contributed by atoms with Crippen LogP contribution in [0.15, 0.2) is 18.2 Å². The van der Waals surface area contributed by atoms with Gasteiger partial charge in [0.1, 0.15) is 0 Å². The van der Waals surface area contributed by atoms with Crippen LogP contribution in [0.3, 0.4) is 0 Å². The Labute approximate surface area is 115 Å². The number of hydrogen-bond donors (Lipinski definition) is 1. The van der Waals surface area contributed by atoms with Crippen LogP contribution in [0.5, 0.6) is 0 Å². The van der Waals surface area contributed by atoms with Crippen LogP contribution in [0.25, 0.3) is 0 Å². The second-order valence-corrected chi connectivity index (χ2v) is 5.68. The standard InChI is InChI=1S/C16H23NO2/c1-12-4-3-5-15(13(12)2)11-17-8-6-14(7-9-17)10-16(18)19/h3-5,14H,6-11H2,1-2H3,(H,18,19). The number of aliphatic carboxylic acids is 1. The molecule has 1 aromatic rings. The molecular formula is C16H23NO2. The van der Waals surface area contributed by atoms with E-state index in [1.165, 1.54) is 16.7 Å². The van der Waals surface area contributed by atoms with Gasteiger partial charge in [-0.1, -0.05) is 18.2 Å². The van der Waals surface area contributed by atoms with E-state index in [4.69, 9.17) is 5.11 Å². The van der Waals surface area contributed by atoms with Gasteiger partial charge < -0.3 is 5.11 Å². The third-order valence-corrected chi connectivity index (χ3v) is 4.28. The van der Waals surface area contributed by atoms with E-state index in [9.17, 15) is 4.79 Å². The molecular weight excluding hydrogens is 238 g/mol. The lowest BCUT2D eigenvalue weighted by Crippen LogP contribution is -2.34. The highest BCUT2D eigenvalue weighted by Gasteiger charge is 2.21. The molecule has 3 nitrogen and oxygen atoms in total. The summed E-state index contributed by atoms with van der Waals surface area (Å²) in [5.41, 5.74) is 4.13. The summed E-state index contributed by atoms with van der Waals surface area (Å²) >= 11 is 0. The monoisotopic (exact) mass is 261 g/mol. The van der Waals surface area contributed by atoms with Gasteiger partial charge in [-0.15, -0.1) is 0 Å². The number of nitrogens with zero attached hydrogens (tertiary/aromatic N) is 1. The molecule has 3 heteroatoms. The van der Waals surface area contributed by atoms with Gasteiger partial charge in [0.25, 0.3) is 0 Å². The SMILES string of the molecule is Cc1cccc(CN2CCC(CC(=O)O)CC2)c1C. The highest BCUT2D eigenvalue weighted by Crippen LogP contribution is 2.23. The van der Waals surface area contributed by atoms with Crippen LogP contribution in [-0.4, -0.2) is 29.1 Å². The van der Waals surface area contributed by atoms with Crippen molar-refractivity contribution in [1.82, 2.24) is 4.90 Å². The van der Waals surface area contributed by atoms with Crippen LogP contribution >= 0.6 is 0 Å². The zero-order valence-corrected chi connectivity index (χ0v) is 11.9. The Morgan fingerprint density at radius 1 is 1.32 bits per heavy atom. The maximum atomic E-state index is 10.7. The molecule has 0 spiro atoms. The summed E-state index contributed by atoms with van der Waals surface area (Å²) in [5, 5.41) is 8.82. The van der Waals surface area contributed by atoms with Crippen molar-refractivity contribution in [3.8, 4) is 0 Å². The Morgan fingerprint density at radius 3 is 2.63 bits per heavy atom. The quantitative estimate of drug-likeness (QED) is 0.905. The van der Waals surface area contributed by atoms with Crippen LogP contribution in [0.1, 0.15) is 36.0 Å². The molecule has 0 unspecified atom stereocenters. The first-order chi connectivity index (χ1) is 9.06. The Balaban J connectivity index is 1.89. The minimum absolute atomic E-state index is 0.331. The van der Waals surface area contributed by atoms with Crippen LogP contribution in [0, 0.1) is 19.8 Å². The van der Waals surface area contributed by atoms with E-state index >= 15 is 0 Å². The van der Waals surface area contributed by atoms with Gasteiger partial charge in [-0.05, 0) is 62.4 Å². The highest BCUT2D eigenvalue weighted by atomic mass is 16.4. The van der Waals surface area contributed by atoms with Crippen LogP contribution < -0.4 is 0 Å². The number of hydrogen-bond acceptors (Lipinski definition) is 2. The van der Waals surface area contributed by atoms with Crippen LogP contribution in [0.2, 0.25) is 0 Å². The van der Waals surface area contributed by atoms with E-state index in [2.05, 4.69) is 36.9 Å². The van der Waals surface area contributed by atoms with Crippen molar-refractivity contribution in [1.29, 1.82) is 0 Å². The van der Waals surface area contributed by atoms with Crippen molar-refractivity contribution < 1.29 is 9.90 Å². The zero-order chi connectivity index (χ0) is 13.8. The number of likely N-dealkylation sites (tertiary alicyclic amines) is 1. The number of carboxylic acids is 1. The predicted molar refractivity (Wildman–Crippen MR) is 76.2 cm³/mol. The maximum absolute atomic E-state index is 10.7. The Kier molecular flexibility index (Phi) is 4.59. The molecule has 1 aliphatic rings. The molecule has 0 radical (unpaired) electrons. The van der Waals surface area contributed by atoms with Crippen molar-refractivity contribution in [2.75, 3.05) is 13.1 Å². The first-order valence-corrected chi connectivity index (χ1v) is 7.05. The molecule has 1 aliphatic heterocycles. The van der Waals surface area contributed by atoms with Gasteiger partial charge in [0.05, 0.1) is 0 Å². The molecule has 1 saturated heterocycles. The van der Waals surface area contributed by atoms with Gasteiger partial charge in [0, 0.05) is 13.0 Å². The Morgan fingerprint density at radius 2 is 2.00 bits per heavy atom. The van der Waals surface area contributed by atoms with Gasteiger partial charge in [-0.3, -0.25) is 9.69 Å². The molecule has 0 amide bonds. The first-order valence-electron chi connectivity index (χ1n) is 7.05. The topological polar surface area (TPSA) is 40.5 Å². The molecule has 0 aromatic heterocycles. The number of piperidine rings is 1. The lowest BCUT2D eigenvalue weighted by atomic mass is 9.93. The summed E-state index contributed by atoms with van der Waals surface area (Å²) < 4.78 is 0. The van der Waals surface area contributed by atoms with E-state index in [1.807, 2.05) is 0 Å². The van der Waals surface area contributed by atoms with E-state index in [0.717, 1.165) is 32.5 Å². The number of rotatable bonds is 4. The molecule has 1 fully saturated rings. The van der Waals surface area contributed by atoms with Crippen molar-refractivity contribution in [2.45, 2.75) is 39.7 Å². The van der Waals surface area contributed by atoms with Gasteiger partial charge in [-0.25, -0.2) is 0 Å². The smallest absolute Gasteiger partial charge is 0.303 e. The summed E-state index contributed by atoms with van der Waals surface area (Å²) in [5.74, 6) is -0.291. The van der Waals surface area contributed by atoms with Crippen molar-refractivity contribution in [2.24, 2.45) is 5.92 Å². The molecule has 0 bridgehead atoms. The summed E-state index contributed by atoms with van der Waals surface area (Å²) in [6, 6.07) is 6.47. The van der Waals surface area contributed by atoms with Crippen molar-refractivity contribution in [3.05, 3.63) is 34.9 Å². The minimum Gasteiger partial charge on any atom is -0.481 e. The fraction of sp³-hybridized carbons (Fsp3) is 0.562. The van der Waals surface area contributed by atoms with Gasteiger partial charge in [0.2, 0.25) is 0 Å². The predicted octanol–water partition coefficient (Wildman–Crippen LogP) is 2.99. The van der Waals surface area contributed by atoms with E-state index in [0.29, 0.717) is 12.3 Å². The second-order valence-electron chi connectivity index (χ2n) is 5.68. The molecule has 0 saturated carbocycles. The average Bonchev–Trinajstić information content (AvgIpc) is 2.37. The second kappa shape index (κ2) is 6.20. The lowest BCUT2D eigenvalue weighted by Gasteiger charge is -2.31. The van der Waals surface area contributed by atoms with Crippen molar-refractivity contribution >= 4 is 5.97 Å². The minimum atomic E-state index is -0.659. The normalized spacial score (nSPS) is 17.6. The lowest BCUT2D eigenvalue weighted by molar-refractivity contribution is -0.138. The molecule has 1 aromatic carbocycles. The number of aryl methyl sites for hydroxylation is 1. The third kappa shape index (κ3) is 3.80. The molecule has 1 heterocycles. The zero-order valence-electron chi connectivity index (χ0n) is 11.9. The average molecular weight is 261 g/mol. The summed E-state index contributed by atoms with van der Waals surface area (Å²) in [6.45, 7) is 7.36. The molecule has 0 aliphatic carbocycles. The number of carbonyl (C=O) groups is 1. The molecule has 19 heavy (non-hydrogen) atoms. The maximum Gasteiger partial charge on any atom is 0.303 e. The fourth-order valence-electron chi connectivity index (χ4n) is 2.82. The van der Waals surface area contributed by atoms with E-state index in [1.54, 1.807) is 0 Å². The third-order valence-electron chi connectivity index (χ3n) is 4.28. The largest absolute Gasteiger partial charge is 0.481 e. The summed E-state index contributed by atoms with van der Waals surface area (Å²) in [4.78, 5) is 13.2. The first kappa shape index (κ1) is 14.1. The highest BCUT2D eigenvalue weighted by molar-refractivity contribution is 5.67. The summed E-state index contributed by atoms with van der Waals surface area (Å²) in [6.07, 6.45) is 2.35. The molecule has 1 N–H and O–H groups in total. The van der Waals surface area contributed by atoms with Crippen LogP contribution in [0.4, 0.5) is 0 Å². The Hall–Kier alpha value is -1.35. The van der Waals surface area contributed by atoms with Gasteiger partial charge in [-0.2, -0.15) is 0 Å². The van der Waals surface area contributed by atoms with Crippen LogP contribution in [-0.2, 0) is 11.3 Å². The van der Waals surface area contributed by atoms with E-state index in [-0.39, 0.29) is 0 Å². The van der Waals surface area contributed by atoms with Gasteiger partial charge >= 0.3 is 5.97 Å². The number of carboxylic acid groups (broad SMARTS) is 1. The Bertz CT molecular complexity index is 448. The molecule has 0 atom stereocenters.